The van der Waals surface area contributed by atoms with Gasteiger partial charge in [0.05, 0.1) is 34.8 Å². The number of methoxy groups -OCH3 is 1. The topological polar surface area (TPSA) is 53.4 Å². The molecule has 1 aliphatic heterocycles. The normalized spacial score (nSPS) is 17.0. The average molecular weight is 417 g/mol. The maximum Gasteiger partial charge on any atom is 0.266 e. The van der Waals surface area contributed by atoms with E-state index < -0.39 is 0 Å². The molecule has 7 heteroatoms. The molecule has 146 valence electrons. The second-order valence-electron chi connectivity index (χ2n) is 6.67. The molecule has 1 aliphatic rings. The number of hydrogen-bond acceptors (Lipinski definition) is 5. The van der Waals surface area contributed by atoms with E-state index in [2.05, 4.69) is 0 Å². The van der Waals surface area contributed by atoms with Crippen molar-refractivity contribution in [2.45, 2.75) is 30.5 Å². The van der Waals surface area contributed by atoms with Gasteiger partial charge in [-0.2, -0.15) is 0 Å². The molecule has 1 fully saturated rings. The van der Waals surface area contributed by atoms with Crippen molar-refractivity contribution in [1.82, 2.24) is 9.55 Å². The fourth-order valence-electron chi connectivity index (χ4n) is 3.34. The van der Waals surface area contributed by atoms with E-state index in [1.165, 1.54) is 6.42 Å². The van der Waals surface area contributed by atoms with Crippen molar-refractivity contribution in [3.05, 3.63) is 57.8 Å². The molecular weight excluding hydrogens is 396 g/mol. The summed E-state index contributed by atoms with van der Waals surface area (Å²) in [6.07, 6.45) is 3.52. The lowest BCUT2D eigenvalue weighted by Gasteiger charge is -2.22. The zero-order chi connectivity index (χ0) is 19.5. The van der Waals surface area contributed by atoms with E-state index in [4.69, 9.17) is 26.1 Å². The van der Waals surface area contributed by atoms with Gasteiger partial charge in [0, 0.05) is 12.4 Å². The number of nitrogens with zero attached hydrogens (tertiary/aromatic N) is 2. The summed E-state index contributed by atoms with van der Waals surface area (Å²) in [4.78, 5) is 18.0. The van der Waals surface area contributed by atoms with E-state index in [0.29, 0.717) is 32.5 Å². The molecule has 1 aromatic heterocycles. The van der Waals surface area contributed by atoms with Crippen LogP contribution >= 0.6 is 23.4 Å². The van der Waals surface area contributed by atoms with Crippen molar-refractivity contribution in [1.29, 1.82) is 0 Å². The zero-order valence-corrected chi connectivity index (χ0v) is 17.1. The number of thioether (sulfide) groups is 1. The van der Waals surface area contributed by atoms with Crippen molar-refractivity contribution in [3.63, 3.8) is 0 Å². The predicted molar refractivity (Wildman–Crippen MR) is 113 cm³/mol. The lowest BCUT2D eigenvalue weighted by atomic mass is 10.1. The Morgan fingerprint density at radius 3 is 2.89 bits per heavy atom. The number of halogens is 1. The second-order valence-corrected chi connectivity index (χ2v) is 8.06. The molecule has 0 amide bonds. The molecule has 0 unspecified atom stereocenters. The van der Waals surface area contributed by atoms with Gasteiger partial charge in [-0.1, -0.05) is 35.5 Å². The first-order valence-electron chi connectivity index (χ1n) is 9.27. The highest BCUT2D eigenvalue weighted by Crippen LogP contribution is 2.29. The number of aromatic nitrogens is 2. The Balaban J connectivity index is 1.79. The fraction of sp³-hybridized carbons (Fsp3) is 0.333. The Hall–Kier alpha value is -2.02. The Morgan fingerprint density at radius 2 is 2.14 bits per heavy atom. The zero-order valence-electron chi connectivity index (χ0n) is 15.6. The first-order chi connectivity index (χ1) is 13.7. The maximum atomic E-state index is 13.3. The Morgan fingerprint density at radius 1 is 1.29 bits per heavy atom. The summed E-state index contributed by atoms with van der Waals surface area (Å²) in [5.41, 5.74) is 1.25. The summed E-state index contributed by atoms with van der Waals surface area (Å²) in [5, 5.41) is 1.67. The van der Waals surface area contributed by atoms with Gasteiger partial charge in [-0.15, -0.1) is 0 Å². The van der Waals surface area contributed by atoms with Crippen molar-refractivity contribution < 1.29 is 9.47 Å². The molecule has 0 bridgehead atoms. The molecule has 1 atom stereocenters. The molecule has 28 heavy (non-hydrogen) atoms. The molecule has 0 N–H and O–H groups in total. The number of fused-ring (bicyclic) bond motifs is 1. The van der Waals surface area contributed by atoms with Gasteiger partial charge in [0.1, 0.15) is 5.75 Å². The van der Waals surface area contributed by atoms with E-state index >= 15 is 0 Å². The lowest BCUT2D eigenvalue weighted by Crippen LogP contribution is -2.24. The predicted octanol–water partition coefficient (Wildman–Crippen LogP) is 4.71. The Bertz CT molecular complexity index is 1050. The molecule has 3 aromatic rings. The highest BCUT2D eigenvalue weighted by atomic mass is 35.5. The average Bonchev–Trinajstić information content (AvgIpc) is 2.73. The summed E-state index contributed by atoms with van der Waals surface area (Å²) in [6, 6.07) is 12.7. The lowest BCUT2D eigenvalue weighted by molar-refractivity contribution is 0.0315. The van der Waals surface area contributed by atoms with Gasteiger partial charge in [0.25, 0.3) is 5.56 Å². The van der Waals surface area contributed by atoms with Crippen LogP contribution in [-0.2, 0) is 4.74 Å². The molecule has 2 heterocycles. The quantitative estimate of drug-likeness (QED) is 0.445. The van der Waals surface area contributed by atoms with Crippen LogP contribution in [0, 0.1) is 0 Å². The second kappa shape index (κ2) is 8.55. The molecular formula is C21H21ClN2O3S. The van der Waals surface area contributed by atoms with E-state index in [9.17, 15) is 4.79 Å². The third-order valence-corrected chi connectivity index (χ3v) is 6.18. The summed E-state index contributed by atoms with van der Waals surface area (Å²) in [7, 11) is 1.57. The van der Waals surface area contributed by atoms with Gasteiger partial charge in [0.2, 0.25) is 0 Å². The maximum absolute atomic E-state index is 13.3. The van der Waals surface area contributed by atoms with Gasteiger partial charge in [0.15, 0.2) is 5.16 Å². The molecule has 1 saturated heterocycles. The van der Waals surface area contributed by atoms with Crippen LogP contribution in [0.15, 0.2) is 52.4 Å². The minimum atomic E-state index is -0.112. The van der Waals surface area contributed by atoms with E-state index in [0.717, 1.165) is 25.2 Å². The van der Waals surface area contributed by atoms with Gasteiger partial charge >= 0.3 is 0 Å². The van der Waals surface area contributed by atoms with Crippen molar-refractivity contribution in [2.75, 3.05) is 19.5 Å². The third-order valence-electron chi connectivity index (χ3n) is 4.81. The summed E-state index contributed by atoms with van der Waals surface area (Å²) in [6.45, 7) is 0.803. The summed E-state index contributed by atoms with van der Waals surface area (Å²) >= 11 is 7.86. The van der Waals surface area contributed by atoms with Crippen LogP contribution in [-0.4, -0.2) is 35.1 Å². The van der Waals surface area contributed by atoms with E-state index in [-0.39, 0.29) is 11.7 Å². The van der Waals surface area contributed by atoms with Crippen LogP contribution < -0.4 is 10.3 Å². The van der Waals surface area contributed by atoms with Crippen molar-refractivity contribution in [2.24, 2.45) is 0 Å². The van der Waals surface area contributed by atoms with Crippen LogP contribution in [0.3, 0.4) is 0 Å². The van der Waals surface area contributed by atoms with Gasteiger partial charge in [-0.05, 0) is 49.6 Å². The van der Waals surface area contributed by atoms with Crippen LogP contribution in [0.1, 0.15) is 19.3 Å². The summed E-state index contributed by atoms with van der Waals surface area (Å²) in [5.74, 6) is 1.33. The smallest absolute Gasteiger partial charge is 0.266 e. The Labute approximate surface area is 172 Å². The SMILES string of the molecule is COc1ccc(-n2c(SC[C@@H]3CCCCO3)nc3ccccc3c2=O)cc1Cl. The molecule has 0 aliphatic carbocycles. The molecule has 0 radical (unpaired) electrons. The van der Waals surface area contributed by atoms with Gasteiger partial charge in [-0.3, -0.25) is 9.36 Å². The third kappa shape index (κ3) is 3.90. The molecule has 4 rings (SSSR count). The number of hydrogen-bond donors (Lipinski definition) is 0. The molecule has 5 nitrogen and oxygen atoms in total. The van der Waals surface area contributed by atoms with E-state index in [1.54, 1.807) is 41.6 Å². The van der Waals surface area contributed by atoms with Crippen LogP contribution in [0.5, 0.6) is 5.75 Å². The number of rotatable bonds is 5. The Kier molecular flexibility index (Phi) is 5.90. The number of benzene rings is 2. The fourth-order valence-corrected chi connectivity index (χ4v) is 4.67. The standard InChI is InChI=1S/C21H21ClN2O3S/c1-26-19-10-9-14(12-17(19)22)24-20(25)16-7-2-3-8-18(16)23-21(24)28-13-15-6-4-5-11-27-15/h2-3,7-10,12,15H,4-6,11,13H2,1H3/t15-/m0/s1. The first-order valence-corrected chi connectivity index (χ1v) is 10.6. The minimum absolute atomic E-state index is 0.112. The summed E-state index contributed by atoms with van der Waals surface area (Å²) < 4.78 is 12.7. The van der Waals surface area contributed by atoms with Gasteiger partial charge < -0.3 is 9.47 Å². The first kappa shape index (κ1) is 19.3. The minimum Gasteiger partial charge on any atom is -0.495 e. The van der Waals surface area contributed by atoms with Crippen LogP contribution in [0.25, 0.3) is 16.6 Å². The van der Waals surface area contributed by atoms with Crippen molar-refractivity contribution in [3.8, 4) is 11.4 Å². The molecule has 0 spiro atoms. The molecule has 2 aromatic carbocycles. The highest BCUT2D eigenvalue weighted by molar-refractivity contribution is 7.99. The van der Waals surface area contributed by atoms with Crippen LogP contribution in [0.2, 0.25) is 5.02 Å². The largest absolute Gasteiger partial charge is 0.495 e. The number of ether oxygens (including phenoxy) is 2. The van der Waals surface area contributed by atoms with Gasteiger partial charge in [-0.25, -0.2) is 4.98 Å². The number of para-hydroxylation sites is 1. The highest BCUT2D eigenvalue weighted by Gasteiger charge is 2.18. The van der Waals surface area contributed by atoms with Crippen LogP contribution in [0.4, 0.5) is 0 Å². The molecule has 0 saturated carbocycles. The monoisotopic (exact) mass is 416 g/mol. The van der Waals surface area contributed by atoms with E-state index in [1.807, 2.05) is 24.3 Å². The van der Waals surface area contributed by atoms with Crippen molar-refractivity contribution >= 4 is 34.3 Å².